The van der Waals surface area contributed by atoms with E-state index in [2.05, 4.69) is 73.5 Å². The number of hydrogen-bond donors (Lipinski definition) is 18. The van der Waals surface area contributed by atoms with E-state index < -0.39 is 123 Å². The number of ketones is 3. The maximum atomic E-state index is 14.0. The molecule has 2 spiro atoms. The zero-order valence-corrected chi connectivity index (χ0v) is 75.6. The average Bonchev–Trinajstić information content (AvgIpc) is 1.75. The van der Waals surface area contributed by atoms with E-state index in [0.29, 0.717) is 183 Å². The highest BCUT2D eigenvalue weighted by Crippen LogP contribution is 2.36. The maximum absolute atomic E-state index is 14.0. The number of nitrogens with two attached hydrogens (primary N) is 7. The van der Waals surface area contributed by atoms with Crippen LogP contribution in [0.2, 0.25) is 5.02 Å². The molecule has 25 N–H and O–H groups in total. The van der Waals surface area contributed by atoms with Crippen molar-refractivity contribution >= 4 is 112 Å². The van der Waals surface area contributed by atoms with Crippen LogP contribution in [0.15, 0.2) is 93.8 Å². The summed E-state index contributed by atoms with van der Waals surface area (Å²) in [4.78, 5) is 201. The number of benzene rings is 3. The topological polar surface area (TPSA) is 591 Å². The van der Waals surface area contributed by atoms with E-state index in [1.54, 1.807) is 104 Å². The first-order valence-electron chi connectivity index (χ1n) is 44.5. The lowest BCUT2D eigenvalue weighted by Crippen LogP contribution is -2.60. The molecule has 8 rings (SSSR count). The highest BCUT2D eigenvalue weighted by atomic mass is 35.5. The average molecular weight is 1790 g/mol. The van der Waals surface area contributed by atoms with Gasteiger partial charge in [-0.15, -0.1) is 0 Å². The molecule has 11 amide bonds. The number of aliphatic imine (C=N–C) groups is 3. The van der Waals surface area contributed by atoms with Crippen LogP contribution in [0, 0.1) is 35.4 Å². The van der Waals surface area contributed by atoms with Crippen molar-refractivity contribution in [2.45, 2.75) is 281 Å². The van der Waals surface area contributed by atoms with Gasteiger partial charge in [0.25, 0.3) is 0 Å². The highest BCUT2D eigenvalue weighted by molar-refractivity contribution is 6.30. The minimum absolute atomic E-state index is 0.0484. The van der Waals surface area contributed by atoms with E-state index >= 15 is 0 Å². The Bertz CT molecular complexity index is 4140. The van der Waals surface area contributed by atoms with E-state index in [4.69, 9.17) is 51.7 Å². The van der Waals surface area contributed by atoms with Gasteiger partial charge in [0, 0.05) is 93.1 Å². The number of halogens is 2. The molecule has 3 saturated heterocycles. The van der Waals surface area contributed by atoms with Crippen molar-refractivity contribution in [2.75, 3.05) is 39.3 Å². The minimum atomic E-state index is -1.30. The number of carbonyl (C=O) groups is 14. The summed E-state index contributed by atoms with van der Waals surface area (Å²) < 4.78 is 13.7. The van der Waals surface area contributed by atoms with Gasteiger partial charge in [0.15, 0.2) is 35.2 Å². The third kappa shape index (κ3) is 32.9. The molecule has 0 bridgehead atoms. The first kappa shape index (κ1) is 105. The second-order valence-electron chi connectivity index (χ2n) is 35.2. The Balaban J connectivity index is 0.000000296. The monoisotopic (exact) mass is 1790 g/mol. The third-order valence-corrected chi connectivity index (χ3v) is 24.3. The number of guanidine groups is 3. The van der Waals surface area contributed by atoms with Gasteiger partial charge in [-0.05, 0) is 190 Å². The molecule has 3 aromatic carbocycles. The smallest absolute Gasteiger partial charge is 0.247 e. The van der Waals surface area contributed by atoms with Gasteiger partial charge in [-0.25, -0.2) is 4.39 Å². The van der Waals surface area contributed by atoms with Gasteiger partial charge < -0.3 is 98.6 Å². The van der Waals surface area contributed by atoms with Crippen molar-refractivity contribution in [3.63, 3.8) is 0 Å². The molecule has 127 heavy (non-hydrogen) atoms. The largest absolute Gasteiger partial charge is 0.370 e. The number of Topliss-reactive ketones (excluding diaryl/α,β-unsaturated/α-hetero) is 3. The Hall–Kier alpha value is -11.2. The van der Waals surface area contributed by atoms with Crippen molar-refractivity contribution in [3.05, 3.63) is 106 Å². The van der Waals surface area contributed by atoms with E-state index in [-0.39, 0.29) is 117 Å². The van der Waals surface area contributed by atoms with Crippen LogP contribution >= 0.6 is 11.6 Å². The molecule has 700 valence electrons. The molecule has 35 nitrogen and oxygen atoms in total. The highest BCUT2D eigenvalue weighted by Gasteiger charge is 2.49. The summed E-state index contributed by atoms with van der Waals surface area (Å²) >= 11 is 6.09. The molecule has 5 aliphatic rings. The molecule has 10 atom stereocenters. The summed E-state index contributed by atoms with van der Waals surface area (Å²) in [6.45, 7) is 15.5. The molecule has 2 saturated carbocycles. The lowest BCUT2D eigenvalue weighted by atomic mass is 9.82. The van der Waals surface area contributed by atoms with Crippen LogP contribution in [-0.2, 0) is 67.1 Å². The van der Waals surface area contributed by atoms with E-state index in [1.165, 1.54) is 24.3 Å². The van der Waals surface area contributed by atoms with Crippen LogP contribution < -0.4 is 98.6 Å². The summed E-state index contributed by atoms with van der Waals surface area (Å²) in [5.41, 5.74) is 34.4. The fourth-order valence-corrected chi connectivity index (χ4v) is 16.1. The van der Waals surface area contributed by atoms with Crippen molar-refractivity contribution in [1.82, 2.24) is 58.5 Å². The Morgan fingerprint density at radius 3 is 1.14 bits per heavy atom. The summed E-state index contributed by atoms with van der Waals surface area (Å²) in [6.07, 6.45) is 10.7. The number of carbonyl (C=O) groups excluding carboxylic acids is 14. The first-order chi connectivity index (χ1) is 60.1. The molecule has 3 aliphatic heterocycles. The summed E-state index contributed by atoms with van der Waals surface area (Å²) in [5, 5.41) is 32.2. The zero-order valence-electron chi connectivity index (χ0n) is 74.9. The Labute approximate surface area is 749 Å². The SMILES string of the molecule is CC(C)C(=O)N[C@]1(C)CCCCNC(=O)[C@@H](c2ccc(Cl)cc2)NC(=O)C2(CCCC2)NC(=O)[C@H](CCCN=C(N)N)CC1=O.CC(C)C(=O)N[C@]1(C)CCCCNC(=O)[C@@H](c2ccc(F)cc2)NC(=O)C2(CCCC2)NC(=O)[C@H](CCCN=C(N)N)CC1=O.CC[C@@H]1NC(=O)[C@H](CCCN=C(N)N)CC(=O)[C@](C)(N)CCCCNC(=O)[C@@H](c2ccccc2)NC1=O. The van der Waals surface area contributed by atoms with Gasteiger partial charge in [0.1, 0.15) is 41.1 Å². The molecule has 37 heteroatoms. The molecule has 5 fully saturated rings. The number of hydrogen-bond acceptors (Lipinski definition) is 18. The first-order valence-corrected chi connectivity index (χ1v) is 44.9. The van der Waals surface area contributed by atoms with Gasteiger partial charge >= 0.3 is 0 Å². The molecule has 0 aromatic heterocycles. The Kier molecular flexibility index (Phi) is 41.5. The van der Waals surface area contributed by atoms with E-state index in [1.807, 2.05) is 6.07 Å². The maximum Gasteiger partial charge on any atom is 0.247 e. The second kappa shape index (κ2) is 50.4. The van der Waals surface area contributed by atoms with Crippen molar-refractivity contribution in [3.8, 4) is 0 Å². The van der Waals surface area contributed by atoms with Crippen LogP contribution in [0.1, 0.15) is 264 Å². The second-order valence-corrected chi connectivity index (χ2v) is 35.7. The van der Waals surface area contributed by atoms with Gasteiger partial charge in [-0.3, -0.25) is 82.1 Å². The van der Waals surface area contributed by atoms with Crippen LogP contribution in [0.25, 0.3) is 0 Å². The van der Waals surface area contributed by atoms with Crippen molar-refractivity contribution < 1.29 is 71.5 Å². The Morgan fingerprint density at radius 2 is 0.772 bits per heavy atom. The van der Waals surface area contributed by atoms with Gasteiger partial charge in [0.05, 0.1) is 16.6 Å². The van der Waals surface area contributed by atoms with Gasteiger partial charge in [-0.2, -0.15) is 0 Å². The molecule has 3 heterocycles. The number of nitrogens with one attached hydrogen (secondary N) is 11. The fraction of sp³-hybridized carbons (Fsp3) is 0.611. The lowest BCUT2D eigenvalue weighted by molar-refractivity contribution is -0.139. The summed E-state index contributed by atoms with van der Waals surface area (Å²) in [7, 11) is 0. The predicted octanol–water partition coefficient (Wildman–Crippen LogP) is 4.64. The third-order valence-electron chi connectivity index (χ3n) is 24.1. The molecule has 2 aliphatic carbocycles. The normalized spacial score (nSPS) is 25.4. The molecular weight excluding hydrogens is 1650 g/mol. The van der Waals surface area contributed by atoms with Gasteiger partial charge in [-0.1, -0.05) is 127 Å². The lowest BCUT2D eigenvalue weighted by Gasteiger charge is -2.34. The Morgan fingerprint density at radius 1 is 0.433 bits per heavy atom. The number of rotatable bonds is 20. The fourth-order valence-electron chi connectivity index (χ4n) is 16.0. The van der Waals surface area contributed by atoms with Crippen LogP contribution in [0.4, 0.5) is 4.39 Å². The quantitative estimate of drug-likeness (QED) is 0.0416. The predicted molar refractivity (Wildman–Crippen MR) is 483 cm³/mol. The van der Waals surface area contributed by atoms with Crippen LogP contribution in [0.3, 0.4) is 0 Å². The van der Waals surface area contributed by atoms with Crippen molar-refractivity contribution in [1.29, 1.82) is 0 Å². The zero-order chi connectivity index (χ0) is 93.8. The summed E-state index contributed by atoms with van der Waals surface area (Å²) in [6, 6.07) is 17.0. The van der Waals surface area contributed by atoms with Crippen molar-refractivity contribution in [2.24, 2.45) is 84.7 Å². The molecular formula is C90H137ClFN21O14. The summed E-state index contributed by atoms with van der Waals surface area (Å²) in [5.74, 6) is -9.12. The number of amides is 11. The number of nitrogens with zero attached hydrogens (tertiary/aromatic N) is 3. The standard InChI is InChI=1S/C32H48ClN7O5.C32H48FN7O5.C26H41N7O4/c2*1-20(2)26(42)39-31(3)14-6-7-17-36-28(44)25(21-10-12-23(33)13-11-21)38-29(45)32(15-4-5-16-32)40-27(43)22(19-24(31)41)9-8-18-37-30(34)35;1-3-19-23(36)33-21(17-10-5-4-6-11-17)24(37)30-14-8-7-13-26(2,29)20(34)16-18(22(35)32-19)12-9-15-31-25(27)28/h2*10-13,20,22,25H,4-9,14-19H2,1-3H3,(H,36,44)(H,38,45)(H,39,42)(H,40,43)(H4,34,35,37);4-6,10-11,18-19,21H,3,7-9,12-16,29H2,1-2H3,(H,30,37)(H,32,35)(H,33,36)(H4,27,28,31)/t2*22-,25-,31-;18-,19+,21-,26-/m111/s1. The minimum Gasteiger partial charge on any atom is -0.370 e. The molecule has 3 aromatic rings. The molecule has 0 radical (unpaired) electrons. The van der Waals surface area contributed by atoms with Gasteiger partial charge in [0.2, 0.25) is 65.0 Å². The molecule has 0 unspecified atom stereocenters. The van der Waals surface area contributed by atoms with Crippen LogP contribution in [-0.4, -0.2) is 173 Å². The van der Waals surface area contributed by atoms with E-state index in [0.717, 1.165) is 0 Å². The van der Waals surface area contributed by atoms with Crippen LogP contribution in [0.5, 0.6) is 0 Å². The van der Waals surface area contributed by atoms with E-state index in [9.17, 15) is 71.5 Å².